The minimum atomic E-state index is -0.259. The molecule has 1 aliphatic rings. The fraction of sp³-hybridized carbons (Fsp3) is 0.167. The number of rotatable bonds is 3. The number of imide groups is 1. The van der Waals surface area contributed by atoms with Crippen LogP contribution in [0.2, 0.25) is 0 Å². The van der Waals surface area contributed by atoms with Gasteiger partial charge in [0.2, 0.25) is 0 Å². The number of alkyl halides is 1. The van der Waals surface area contributed by atoms with E-state index in [1.165, 1.54) is 4.90 Å². The second-order valence-electron chi connectivity index (χ2n) is 3.54. The molecule has 0 fully saturated rings. The van der Waals surface area contributed by atoms with Crippen LogP contribution in [0.25, 0.3) is 0 Å². The zero-order chi connectivity index (χ0) is 12.4. The van der Waals surface area contributed by atoms with Crippen molar-refractivity contribution in [2.24, 2.45) is 0 Å². The van der Waals surface area contributed by atoms with Gasteiger partial charge in [-0.15, -0.1) is 11.6 Å². The molecule has 1 aromatic carbocycles. The maximum Gasteiger partial charge on any atom is 0.261 e. The van der Waals surface area contributed by atoms with E-state index in [-0.39, 0.29) is 18.4 Å². The maximum absolute atomic E-state index is 12.0. The van der Waals surface area contributed by atoms with Crippen molar-refractivity contribution in [3.63, 3.8) is 0 Å². The topological polar surface area (TPSA) is 37.4 Å². The predicted molar refractivity (Wildman–Crippen MR) is 69.4 cm³/mol. The van der Waals surface area contributed by atoms with Crippen LogP contribution in [-0.4, -0.2) is 29.1 Å². The fourth-order valence-corrected chi connectivity index (χ4v) is 2.16. The Balaban J connectivity index is 2.29. The summed E-state index contributed by atoms with van der Waals surface area (Å²) in [6, 6.07) is 5.08. The van der Waals surface area contributed by atoms with Crippen LogP contribution in [0, 0.1) is 0 Å². The van der Waals surface area contributed by atoms with Crippen molar-refractivity contribution < 1.29 is 9.59 Å². The molecule has 1 aromatic rings. The summed E-state index contributed by atoms with van der Waals surface area (Å²) in [6.45, 7) is 0.261. The van der Waals surface area contributed by atoms with E-state index < -0.39 is 0 Å². The zero-order valence-corrected chi connectivity index (χ0v) is 11.2. The van der Waals surface area contributed by atoms with E-state index in [1.54, 1.807) is 30.4 Å². The molecule has 88 valence electrons. The molecule has 0 saturated carbocycles. The summed E-state index contributed by atoms with van der Waals surface area (Å²) < 4.78 is 0.788. The summed E-state index contributed by atoms with van der Waals surface area (Å²) in [5, 5.41) is 0. The first kappa shape index (κ1) is 12.3. The van der Waals surface area contributed by atoms with Gasteiger partial charge in [-0.25, -0.2) is 0 Å². The standard InChI is InChI=1S/C12H9BrClNO2/c13-8-3-4-9-10(7-8)12(17)15(11(9)16)6-2-1-5-14/h1-4,7H,5-6H2/b2-1+. The lowest BCUT2D eigenvalue weighted by Gasteiger charge is -2.09. The third-order valence-electron chi connectivity index (χ3n) is 2.48. The Morgan fingerprint density at radius 1 is 1.18 bits per heavy atom. The van der Waals surface area contributed by atoms with Gasteiger partial charge in [-0.3, -0.25) is 14.5 Å². The van der Waals surface area contributed by atoms with Crippen LogP contribution in [0.4, 0.5) is 0 Å². The molecule has 0 aromatic heterocycles. The molecule has 2 amide bonds. The summed E-state index contributed by atoms with van der Waals surface area (Å²) in [4.78, 5) is 25.1. The maximum atomic E-state index is 12.0. The molecule has 3 nitrogen and oxygen atoms in total. The molecule has 0 bridgehead atoms. The second-order valence-corrected chi connectivity index (χ2v) is 4.76. The van der Waals surface area contributed by atoms with Crippen LogP contribution in [0.5, 0.6) is 0 Å². The van der Waals surface area contributed by atoms with E-state index in [9.17, 15) is 9.59 Å². The first-order chi connectivity index (χ1) is 8.15. The van der Waals surface area contributed by atoms with Gasteiger partial charge in [0, 0.05) is 16.9 Å². The molecular formula is C12H9BrClNO2. The van der Waals surface area contributed by atoms with Crippen LogP contribution in [0.1, 0.15) is 20.7 Å². The van der Waals surface area contributed by atoms with Gasteiger partial charge < -0.3 is 0 Å². The van der Waals surface area contributed by atoms with Crippen molar-refractivity contribution in [2.75, 3.05) is 12.4 Å². The molecule has 0 N–H and O–H groups in total. The van der Waals surface area contributed by atoms with E-state index in [4.69, 9.17) is 11.6 Å². The highest BCUT2D eigenvalue weighted by Crippen LogP contribution is 2.25. The molecule has 5 heteroatoms. The van der Waals surface area contributed by atoms with Gasteiger partial charge in [0.1, 0.15) is 0 Å². The van der Waals surface area contributed by atoms with E-state index in [0.29, 0.717) is 17.0 Å². The van der Waals surface area contributed by atoms with Gasteiger partial charge in [0.25, 0.3) is 11.8 Å². The van der Waals surface area contributed by atoms with Gasteiger partial charge in [-0.1, -0.05) is 28.1 Å². The largest absolute Gasteiger partial charge is 0.270 e. The number of carbonyl (C=O) groups excluding carboxylic acids is 2. The summed E-state index contributed by atoms with van der Waals surface area (Å²) in [7, 11) is 0. The molecule has 0 saturated heterocycles. The van der Waals surface area contributed by atoms with Crippen LogP contribution in [0.3, 0.4) is 0 Å². The third-order valence-corrected chi connectivity index (χ3v) is 3.15. The highest BCUT2D eigenvalue weighted by atomic mass is 79.9. The number of carbonyl (C=O) groups is 2. The number of halogens is 2. The minimum Gasteiger partial charge on any atom is -0.270 e. The second kappa shape index (κ2) is 5.02. The minimum absolute atomic E-state index is 0.253. The van der Waals surface area contributed by atoms with Gasteiger partial charge in [0.05, 0.1) is 11.1 Å². The summed E-state index contributed by atoms with van der Waals surface area (Å²) >= 11 is 8.77. The first-order valence-electron chi connectivity index (χ1n) is 5.02. The third kappa shape index (κ3) is 2.28. The van der Waals surface area contributed by atoms with Crippen molar-refractivity contribution in [3.8, 4) is 0 Å². The van der Waals surface area contributed by atoms with E-state index in [0.717, 1.165) is 4.47 Å². The Bertz CT molecular complexity index is 513. The summed E-state index contributed by atoms with van der Waals surface area (Å²) in [5.41, 5.74) is 0.904. The van der Waals surface area contributed by atoms with Crippen LogP contribution in [0.15, 0.2) is 34.8 Å². The Hall–Kier alpha value is -1.13. The van der Waals surface area contributed by atoms with Crippen molar-refractivity contribution in [2.45, 2.75) is 0 Å². The smallest absolute Gasteiger partial charge is 0.261 e. The van der Waals surface area contributed by atoms with Gasteiger partial charge in [-0.2, -0.15) is 0 Å². The van der Waals surface area contributed by atoms with E-state index in [2.05, 4.69) is 15.9 Å². The number of allylic oxidation sites excluding steroid dienone is 1. The number of hydrogen-bond donors (Lipinski definition) is 0. The monoisotopic (exact) mass is 313 g/mol. The Morgan fingerprint density at radius 3 is 2.59 bits per heavy atom. The first-order valence-corrected chi connectivity index (χ1v) is 6.34. The SMILES string of the molecule is O=C1c2ccc(Br)cc2C(=O)N1C/C=C/CCl. The number of nitrogens with zero attached hydrogens (tertiary/aromatic N) is 1. The average molecular weight is 315 g/mol. The van der Waals surface area contributed by atoms with Crippen LogP contribution >= 0.6 is 27.5 Å². The van der Waals surface area contributed by atoms with Crippen LogP contribution < -0.4 is 0 Å². The van der Waals surface area contributed by atoms with Crippen molar-refractivity contribution in [3.05, 3.63) is 46.0 Å². The van der Waals surface area contributed by atoms with Crippen molar-refractivity contribution in [1.29, 1.82) is 0 Å². The number of amides is 2. The van der Waals surface area contributed by atoms with Crippen molar-refractivity contribution >= 4 is 39.3 Å². The Kier molecular flexibility index (Phi) is 3.64. The van der Waals surface area contributed by atoms with Crippen LogP contribution in [-0.2, 0) is 0 Å². The van der Waals surface area contributed by atoms with Gasteiger partial charge in [-0.05, 0) is 18.2 Å². The molecule has 0 atom stereocenters. The quantitative estimate of drug-likeness (QED) is 0.489. The number of hydrogen-bond acceptors (Lipinski definition) is 2. The predicted octanol–water partition coefficient (Wildman–Crippen LogP) is 2.84. The molecule has 1 aliphatic heterocycles. The fourth-order valence-electron chi connectivity index (χ4n) is 1.67. The number of benzene rings is 1. The Morgan fingerprint density at radius 2 is 1.88 bits per heavy atom. The van der Waals surface area contributed by atoms with Crippen molar-refractivity contribution in [1.82, 2.24) is 4.90 Å². The number of fused-ring (bicyclic) bond motifs is 1. The zero-order valence-electron chi connectivity index (χ0n) is 8.82. The summed E-state index contributed by atoms with van der Waals surface area (Å²) in [6.07, 6.45) is 3.42. The molecule has 0 aliphatic carbocycles. The molecule has 0 radical (unpaired) electrons. The molecule has 0 spiro atoms. The lowest BCUT2D eigenvalue weighted by molar-refractivity contribution is 0.0672. The molecule has 2 rings (SSSR count). The van der Waals surface area contributed by atoms with E-state index in [1.807, 2.05) is 0 Å². The molecule has 1 heterocycles. The molecule has 17 heavy (non-hydrogen) atoms. The summed E-state index contributed by atoms with van der Waals surface area (Å²) in [5.74, 6) is -0.142. The lowest BCUT2D eigenvalue weighted by Crippen LogP contribution is -2.29. The van der Waals surface area contributed by atoms with E-state index >= 15 is 0 Å². The average Bonchev–Trinajstić information content (AvgIpc) is 2.54. The molecular weight excluding hydrogens is 305 g/mol. The normalized spacial score (nSPS) is 14.8. The lowest BCUT2D eigenvalue weighted by atomic mass is 10.1. The van der Waals surface area contributed by atoms with Gasteiger partial charge >= 0.3 is 0 Å². The highest BCUT2D eigenvalue weighted by Gasteiger charge is 2.34. The Labute approximate surface area is 112 Å². The van der Waals surface area contributed by atoms with Gasteiger partial charge in [0.15, 0.2) is 0 Å². The highest BCUT2D eigenvalue weighted by molar-refractivity contribution is 9.10. The molecule has 0 unspecified atom stereocenters.